The molecule has 0 saturated carbocycles. The minimum absolute atomic E-state index is 0.101. The van der Waals surface area contributed by atoms with Crippen LogP contribution in [0.3, 0.4) is 0 Å². The number of aryl methyl sites for hydroxylation is 2. The Kier molecular flexibility index (Phi) is 4.05. The SMILES string of the molecule is Cc1ccc(-n2nc(C)c([C@@]3(O)C(=O)N(C(C)C)c4ccccc43)c2N)cc1. The predicted molar refractivity (Wildman–Crippen MR) is 110 cm³/mol. The maximum atomic E-state index is 13.4. The number of benzene rings is 2. The summed E-state index contributed by atoms with van der Waals surface area (Å²) < 4.78 is 1.58. The van der Waals surface area contributed by atoms with Crippen LogP contribution in [0.25, 0.3) is 5.69 Å². The van der Waals surface area contributed by atoms with Gasteiger partial charge in [0.1, 0.15) is 5.82 Å². The van der Waals surface area contributed by atoms with E-state index in [2.05, 4.69) is 5.10 Å². The number of carbonyl (C=O) groups is 1. The van der Waals surface area contributed by atoms with Gasteiger partial charge in [-0.05, 0) is 45.9 Å². The number of fused-ring (bicyclic) bond motifs is 1. The van der Waals surface area contributed by atoms with Gasteiger partial charge in [0, 0.05) is 11.6 Å². The lowest BCUT2D eigenvalue weighted by molar-refractivity contribution is -0.132. The van der Waals surface area contributed by atoms with Gasteiger partial charge in [-0.1, -0.05) is 35.9 Å². The van der Waals surface area contributed by atoms with Gasteiger partial charge in [0.2, 0.25) is 5.60 Å². The highest BCUT2D eigenvalue weighted by Crippen LogP contribution is 2.47. The Balaban J connectivity index is 1.94. The fraction of sp³-hybridized carbons (Fsp3) is 0.273. The van der Waals surface area contributed by atoms with Crippen molar-refractivity contribution in [3.63, 3.8) is 0 Å². The molecule has 3 N–H and O–H groups in total. The predicted octanol–water partition coefficient (Wildman–Crippen LogP) is 3.06. The Bertz CT molecular complexity index is 1070. The van der Waals surface area contributed by atoms with Gasteiger partial charge in [-0.25, -0.2) is 4.68 Å². The molecule has 1 amide bonds. The van der Waals surface area contributed by atoms with E-state index in [0.717, 1.165) is 11.3 Å². The Morgan fingerprint density at radius 2 is 1.71 bits per heavy atom. The molecule has 2 aromatic carbocycles. The third kappa shape index (κ3) is 2.38. The normalized spacial score (nSPS) is 18.8. The van der Waals surface area contributed by atoms with E-state index in [9.17, 15) is 9.90 Å². The van der Waals surface area contributed by atoms with Gasteiger partial charge < -0.3 is 15.7 Å². The van der Waals surface area contributed by atoms with Crippen molar-refractivity contribution >= 4 is 17.4 Å². The molecule has 28 heavy (non-hydrogen) atoms. The lowest BCUT2D eigenvalue weighted by Gasteiger charge is -2.26. The van der Waals surface area contributed by atoms with Crippen LogP contribution in [0.5, 0.6) is 0 Å². The number of carbonyl (C=O) groups excluding carboxylic acids is 1. The molecule has 144 valence electrons. The number of nitrogens with zero attached hydrogens (tertiary/aromatic N) is 3. The van der Waals surface area contributed by atoms with Gasteiger partial charge >= 0.3 is 0 Å². The first-order valence-electron chi connectivity index (χ1n) is 9.35. The van der Waals surface area contributed by atoms with E-state index in [0.29, 0.717) is 22.5 Å². The zero-order chi connectivity index (χ0) is 20.2. The van der Waals surface area contributed by atoms with Crippen LogP contribution in [-0.4, -0.2) is 26.8 Å². The maximum absolute atomic E-state index is 13.4. The smallest absolute Gasteiger partial charge is 0.268 e. The molecule has 0 spiro atoms. The Labute approximate surface area is 164 Å². The summed E-state index contributed by atoms with van der Waals surface area (Å²) in [5.74, 6) is -0.139. The molecular formula is C22H24N4O2. The molecule has 0 fully saturated rings. The summed E-state index contributed by atoms with van der Waals surface area (Å²) in [5.41, 5.74) is 8.59. The van der Waals surface area contributed by atoms with Crippen LogP contribution in [-0.2, 0) is 10.4 Å². The first-order chi connectivity index (χ1) is 13.3. The lowest BCUT2D eigenvalue weighted by atomic mass is 9.87. The number of aromatic nitrogens is 2. The van der Waals surface area contributed by atoms with Crippen molar-refractivity contribution in [2.45, 2.75) is 39.3 Å². The van der Waals surface area contributed by atoms with E-state index in [1.807, 2.05) is 63.2 Å². The van der Waals surface area contributed by atoms with E-state index < -0.39 is 11.5 Å². The molecule has 0 aliphatic carbocycles. The molecule has 4 rings (SSSR count). The van der Waals surface area contributed by atoms with Gasteiger partial charge in [0.15, 0.2) is 0 Å². The minimum Gasteiger partial charge on any atom is -0.383 e. The van der Waals surface area contributed by atoms with E-state index in [1.165, 1.54) is 0 Å². The molecule has 1 aliphatic rings. The Morgan fingerprint density at radius 3 is 2.36 bits per heavy atom. The number of aliphatic hydroxyl groups is 1. The highest BCUT2D eigenvalue weighted by atomic mass is 16.3. The second kappa shape index (κ2) is 6.21. The van der Waals surface area contributed by atoms with Crippen LogP contribution in [0.1, 0.15) is 36.2 Å². The molecule has 1 aliphatic heterocycles. The van der Waals surface area contributed by atoms with Crippen molar-refractivity contribution in [3.05, 3.63) is 70.9 Å². The molecule has 6 nitrogen and oxygen atoms in total. The summed E-state index contributed by atoms with van der Waals surface area (Å²) in [7, 11) is 0. The summed E-state index contributed by atoms with van der Waals surface area (Å²) in [6.07, 6.45) is 0. The van der Waals surface area contributed by atoms with Crippen LogP contribution >= 0.6 is 0 Å². The summed E-state index contributed by atoms with van der Waals surface area (Å²) in [4.78, 5) is 15.0. The molecular weight excluding hydrogens is 352 g/mol. The number of rotatable bonds is 3. The molecule has 1 aromatic heterocycles. The third-order valence-corrected chi connectivity index (χ3v) is 5.33. The number of anilines is 2. The third-order valence-electron chi connectivity index (χ3n) is 5.33. The van der Waals surface area contributed by atoms with Gasteiger partial charge in [-0.15, -0.1) is 0 Å². The quantitative estimate of drug-likeness (QED) is 0.736. The average molecular weight is 376 g/mol. The number of para-hydroxylation sites is 1. The Morgan fingerprint density at radius 1 is 1.07 bits per heavy atom. The lowest BCUT2D eigenvalue weighted by Crippen LogP contribution is -2.44. The van der Waals surface area contributed by atoms with E-state index in [1.54, 1.807) is 22.6 Å². The minimum atomic E-state index is -1.86. The highest BCUT2D eigenvalue weighted by Gasteiger charge is 2.54. The van der Waals surface area contributed by atoms with Crippen LogP contribution in [0, 0.1) is 13.8 Å². The van der Waals surface area contributed by atoms with Crippen molar-refractivity contribution < 1.29 is 9.90 Å². The van der Waals surface area contributed by atoms with Crippen molar-refractivity contribution in [2.75, 3.05) is 10.6 Å². The van der Waals surface area contributed by atoms with Crippen LogP contribution in [0.15, 0.2) is 48.5 Å². The largest absolute Gasteiger partial charge is 0.383 e. The Hall–Kier alpha value is -3.12. The van der Waals surface area contributed by atoms with Crippen molar-refractivity contribution in [1.82, 2.24) is 9.78 Å². The number of amides is 1. The van der Waals surface area contributed by atoms with Crippen LogP contribution in [0.4, 0.5) is 11.5 Å². The molecule has 2 heterocycles. The number of nitrogen functional groups attached to an aromatic ring is 1. The summed E-state index contributed by atoms with van der Waals surface area (Å²) >= 11 is 0. The molecule has 3 aromatic rings. The van der Waals surface area contributed by atoms with Crippen LogP contribution < -0.4 is 10.6 Å². The fourth-order valence-electron chi connectivity index (χ4n) is 4.02. The average Bonchev–Trinajstić information content (AvgIpc) is 3.08. The monoisotopic (exact) mass is 376 g/mol. The molecule has 0 unspecified atom stereocenters. The molecule has 0 saturated heterocycles. The number of hydrogen-bond acceptors (Lipinski definition) is 4. The zero-order valence-corrected chi connectivity index (χ0v) is 16.5. The second-order valence-electron chi connectivity index (χ2n) is 7.59. The highest BCUT2D eigenvalue weighted by molar-refractivity contribution is 6.10. The first-order valence-corrected chi connectivity index (χ1v) is 9.35. The van der Waals surface area contributed by atoms with Crippen molar-refractivity contribution in [3.8, 4) is 5.69 Å². The second-order valence-corrected chi connectivity index (χ2v) is 7.59. The van der Waals surface area contributed by atoms with Crippen LogP contribution in [0.2, 0.25) is 0 Å². The van der Waals surface area contributed by atoms with Gasteiger partial charge in [0.05, 0.1) is 22.6 Å². The topological polar surface area (TPSA) is 84.4 Å². The standard InChI is InChI=1S/C22H24N4O2/c1-13(2)25-18-8-6-5-7-17(18)22(28,21(25)27)19-15(4)24-26(20(19)23)16-11-9-14(3)10-12-16/h5-13,28H,23H2,1-4H3/t22-/m1/s1. The molecule has 0 radical (unpaired) electrons. The molecule has 1 atom stereocenters. The maximum Gasteiger partial charge on any atom is 0.268 e. The van der Waals surface area contributed by atoms with E-state index in [-0.39, 0.29) is 11.9 Å². The molecule has 6 heteroatoms. The van der Waals surface area contributed by atoms with Gasteiger partial charge in [-0.2, -0.15) is 5.10 Å². The fourth-order valence-corrected chi connectivity index (χ4v) is 4.02. The van der Waals surface area contributed by atoms with E-state index in [4.69, 9.17) is 5.73 Å². The summed E-state index contributed by atoms with van der Waals surface area (Å²) in [5, 5.41) is 16.3. The number of hydrogen-bond donors (Lipinski definition) is 2. The first kappa shape index (κ1) is 18.3. The number of nitrogens with two attached hydrogens (primary N) is 1. The van der Waals surface area contributed by atoms with Gasteiger partial charge in [0.25, 0.3) is 5.91 Å². The zero-order valence-electron chi connectivity index (χ0n) is 16.5. The molecule has 0 bridgehead atoms. The van der Waals surface area contributed by atoms with E-state index >= 15 is 0 Å². The van der Waals surface area contributed by atoms with Crippen molar-refractivity contribution in [2.24, 2.45) is 0 Å². The summed E-state index contributed by atoms with van der Waals surface area (Å²) in [6, 6.07) is 15.0. The summed E-state index contributed by atoms with van der Waals surface area (Å²) in [6.45, 7) is 7.62. The van der Waals surface area contributed by atoms with Gasteiger partial charge in [-0.3, -0.25) is 4.79 Å². The van der Waals surface area contributed by atoms with Crippen molar-refractivity contribution in [1.29, 1.82) is 0 Å².